The molecule has 0 atom stereocenters. The monoisotopic (exact) mass is 336 g/mol. The van der Waals surface area contributed by atoms with Crippen molar-refractivity contribution in [3.63, 3.8) is 0 Å². The molecule has 0 saturated carbocycles. The van der Waals surface area contributed by atoms with Gasteiger partial charge in [-0.2, -0.15) is 9.83 Å². The Hall–Kier alpha value is -3.15. The zero-order valence-corrected chi connectivity index (χ0v) is 14.3. The molecule has 0 aliphatic heterocycles. The first-order valence-corrected chi connectivity index (χ1v) is 8.08. The Morgan fingerprint density at radius 2 is 1.84 bits per heavy atom. The predicted octanol–water partition coefficient (Wildman–Crippen LogP) is 2.11. The highest BCUT2D eigenvalue weighted by atomic mass is 16.5. The summed E-state index contributed by atoms with van der Waals surface area (Å²) >= 11 is 0. The standard InChI is InChI=1S/C19H20N4O2/c1-14-18(12-20-19(24)17-8-10-22(25)11-9-17)15(2)23(21-14)13-16-6-4-3-5-7-16/h3-11H,12-13H2,1-2H3,(H,20,24). The number of aromatic nitrogens is 3. The van der Waals surface area contributed by atoms with Crippen LogP contribution in [0.3, 0.4) is 0 Å². The molecule has 0 aliphatic rings. The highest BCUT2D eigenvalue weighted by Gasteiger charge is 2.14. The molecular formula is C19H20N4O2. The third-order valence-electron chi connectivity index (χ3n) is 4.20. The lowest BCUT2D eigenvalue weighted by Crippen LogP contribution is -2.27. The Morgan fingerprint density at radius 1 is 1.16 bits per heavy atom. The SMILES string of the molecule is Cc1nn(Cc2ccccc2)c(C)c1CNC(=O)c1cc[n+]([O-])cc1. The van der Waals surface area contributed by atoms with Gasteiger partial charge in [0.25, 0.3) is 5.91 Å². The fraction of sp³-hybridized carbons (Fsp3) is 0.211. The van der Waals surface area contributed by atoms with Crippen LogP contribution in [-0.2, 0) is 13.1 Å². The van der Waals surface area contributed by atoms with Crippen molar-refractivity contribution in [2.24, 2.45) is 0 Å². The first kappa shape index (κ1) is 16.7. The number of nitrogens with zero attached hydrogens (tertiary/aromatic N) is 3. The number of nitrogens with one attached hydrogen (secondary N) is 1. The number of carbonyl (C=O) groups is 1. The molecule has 2 aromatic heterocycles. The molecule has 0 spiro atoms. The molecule has 0 radical (unpaired) electrons. The number of hydrogen-bond donors (Lipinski definition) is 1. The summed E-state index contributed by atoms with van der Waals surface area (Å²) in [5, 5.41) is 18.5. The normalized spacial score (nSPS) is 10.6. The molecule has 0 aliphatic carbocycles. The van der Waals surface area contributed by atoms with Gasteiger partial charge in [0.2, 0.25) is 0 Å². The quantitative estimate of drug-likeness (QED) is 0.573. The summed E-state index contributed by atoms with van der Waals surface area (Å²) in [7, 11) is 0. The molecule has 6 heteroatoms. The molecule has 128 valence electrons. The number of pyridine rings is 1. The lowest BCUT2D eigenvalue weighted by atomic mass is 10.1. The molecule has 2 heterocycles. The van der Waals surface area contributed by atoms with Crippen molar-refractivity contribution in [2.75, 3.05) is 0 Å². The van der Waals surface area contributed by atoms with E-state index in [0.717, 1.165) is 17.0 Å². The van der Waals surface area contributed by atoms with Gasteiger partial charge in [0, 0.05) is 29.9 Å². The van der Waals surface area contributed by atoms with Gasteiger partial charge in [-0.3, -0.25) is 9.48 Å². The van der Waals surface area contributed by atoms with E-state index in [4.69, 9.17) is 0 Å². The Balaban J connectivity index is 1.70. The zero-order chi connectivity index (χ0) is 17.8. The fourth-order valence-corrected chi connectivity index (χ4v) is 2.74. The van der Waals surface area contributed by atoms with Crippen molar-refractivity contribution in [1.82, 2.24) is 15.1 Å². The van der Waals surface area contributed by atoms with Gasteiger partial charge in [-0.25, -0.2) is 0 Å². The second kappa shape index (κ2) is 7.17. The summed E-state index contributed by atoms with van der Waals surface area (Å²) in [6.45, 7) is 5.05. The van der Waals surface area contributed by atoms with Crippen LogP contribution in [0.4, 0.5) is 0 Å². The largest absolute Gasteiger partial charge is 0.619 e. The Morgan fingerprint density at radius 3 is 2.52 bits per heavy atom. The van der Waals surface area contributed by atoms with E-state index >= 15 is 0 Å². The second-order valence-corrected chi connectivity index (χ2v) is 5.92. The van der Waals surface area contributed by atoms with E-state index in [1.165, 1.54) is 30.1 Å². The first-order valence-electron chi connectivity index (χ1n) is 8.08. The Labute approximate surface area is 146 Å². The van der Waals surface area contributed by atoms with Crippen molar-refractivity contribution in [2.45, 2.75) is 26.9 Å². The van der Waals surface area contributed by atoms with Gasteiger partial charge in [-0.05, 0) is 19.4 Å². The fourth-order valence-electron chi connectivity index (χ4n) is 2.74. The number of rotatable bonds is 5. The molecule has 3 rings (SSSR count). The highest BCUT2D eigenvalue weighted by molar-refractivity contribution is 5.93. The lowest BCUT2D eigenvalue weighted by molar-refractivity contribution is -0.605. The van der Waals surface area contributed by atoms with Gasteiger partial charge in [-0.1, -0.05) is 30.3 Å². The zero-order valence-electron chi connectivity index (χ0n) is 14.3. The van der Waals surface area contributed by atoms with E-state index in [-0.39, 0.29) is 5.91 Å². The van der Waals surface area contributed by atoms with Crippen molar-refractivity contribution in [1.29, 1.82) is 0 Å². The van der Waals surface area contributed by atoms with Crippen LogP contribution in [0.15, 0.2) is 54.9 Å². The molecule has 0 fully saturated rings. The third kappa shape index (κ3) is 3.85. The molecule has 1 amide bonds. The van der Waals surface area contributed by atoms with E-state index in [9.17, 15) is 10.0 Å². The molecular weight excluding hydrogens is 316 g/mol. The minimum Gasteiger partial charge on any atom is -0.619 e. The molecule has 25 heavy (non-hydrogen) atoms. The van der Waals surface area contributed by atoms with Crippen molar-refractivity contribution < 1.29 is 9.52 Å². The van der Waals surface area contributed by atoms with Crippen LogP contribution < -0.4 is 10.0 Å². The molecule has 1 aromatic carbocycles. The van der Waals surface area contributed by atoms with Crippen molar-refractivity contribution in [3.05, 3.63) is 88.1 Å². The van der Waals surface area contributed by atoms with Crippen molar-refractivity contribution >= 4 is 5.91 Å². The van der Waals surface area contributed by atoms with Crippen LogP contribution in [0.5, 0.6) is 0 Å². The summed E-state index contributed by atoms with van der Waals surface area (Å²) in [6, 6.07) is 13.1. The maximum atomic E-state index is 12.2. The number of benzene rings is 1. The molecule has 6 nitrogen and oxygen atoms in total. The van der Waals surface area contributed by atoms with E-state index in [2.05, 4.69) is 22.5 Å². The summed E-state index contributed by atoms with van der Waals surface area (Å²) in [6.07, 6.45) is 2.62. The summed E-state index contributed by atoms with van der Waals surface area (Å²) in [4.78, 5) is 12.2. The Bertz CT molecular complexity index is 870. The molecule has 0 saturated heterocycles. The number of carbonyl (C=O) groups excluding carboxylic acids is 1. The van der Waals surface area contributed by atoms with Gasteiger partial charge in [0.05, 0.1) is 17.8 Å². The minimum atomic E-state index is -0.213. The van der Waals surface area contributed by atoms with Crippen LogP contribution in [0.25, 0.3) is 0 Å². The number of aryl methyl sites for hydroxylation is 1. The van der Waals surface area contributed by atoms with Gasteiger partial charge in [0.15, 0.2) is 12.4 Å². The van der Waals surface area contributed by atoms with Gasteiger partial charge >= 0.3 is 0 Å². The first-order chi connectivity index (χ1) is 12.0. The van der Waals surface area contributed by atoms with Crippen LogP contribution in [0.2, 0.25) is 0 Å². The number of amides is 1. The van der Waals surface area contributed by atoms with Gasteiger partial charge in [0.1, 0.15) is 0 Å². The van der Waals surface area contributed by atoms with Crippen LogP contribution >= 0.6 is 0 Å². The van der Waals surface area contributed by atoms with E-state index in [1.54, 1.807) is 0 Å². The maximum Gasteiger partial charge on any atom is 0.252 e. The second-order valence-electron chi connectivity index (χ2n) is 5.92. The highest BCUT2D eigenvalue weighted by Crippen LogP contribution is 2.15. The topological polar surface area (TPSA) is 73.9 Å². The van der Waals surface area contributed by atoms with Crippen LogP contribution in [0.1, 0.15) is 32.9 Å². The number of hydrogen-bond acceptors (Lipinski definition) is 3. The van der Waals surface area contributed by atoms with Gasteiger partial charge in [-0.15, -0.1) is 0 Å². The Kier molecular flexibility index (Phi) is 4.79. The predicted molar refractivity (Wildman–Crippen MR) is 93.8 cm³/mol. The lowest BCUT2D eigenvalue weighted by Gasteiger charge is -2.07. The maximum absolute atomic E-state index is 12.2. The summed E-state index contributed by atoms with van der Waals surface area (Å²) in [5.41, 5.74) is 4.59. The summed E-state index contributed by atoms with van der Waals surface area (Å²) < 4.78 is 2.60. The summed E-state index contributed by atoms with van der Waals surface area (Å²) in [5.74, 6) is -0.213. The smallest absolute Gasteiger partial charge is 0.252 e. The van der Waals surface area contributed by atoms with E-state index < -0.39 is 0 Å². The minimum absolute atomic E-state index is 0.213. The van der Waals surface area contributed by atoms with Crippen LogP contribution in [0, 0.1) is 19.1 Å². The van der Waals surface area contributed by atoms with Crippen LogP contribution in [-0.4, -0.2) is 15.7 Å². The third-order valence-corrected chi connectivity index (χ3v) is 4.20. The molecule has 1 N–H and O–H groups in total. The van der Waals surface area contributed by atoms with E-state index in [0.29, 0.717) is 23.4 Å². The molecule has 3 aromatic rings. The van der Waals surface area contributed by atoms with Gasteiger partial charge < -0.3 is 10.5 Å². The molecule has 0 unspecified atom stereocenters. The average Bonchev–Trinajstić information content (AvgIpc) is 2.88. The molecule has 0 bridgehead atoms. The average molecular weight is 336 g/mol. The van der Waals surface area contributed by atoms with E-state index in [1.807, 2.05) is 36.7 Å². The van der Waals surface area contributed by atoms with Crippen molar-refractivity contribution in [3.8, 4) is 0 Å².